The normalized spacial score (nSPS) is 16.2. The average Bonchev–Trinajstić information content (AvgIpc) is 2.55. The first-order valence-electron chi connectivity index (χ1n) is 7.10. The van der Waals surface area contributed by atoms with E-state index in [0.717, 1.165) is 53.8 Å². The number of ether oxygens (including phenoxy) is 2. The Morgan fingerprint density at radius 1 is 1.10 bits per heavy atom. The van der Waals surface area contributed by atoms with Crippen molar-refractivity contribution in [1.82, 2.24) is 15.3 Å². The van der Waals surface area contributed by atoms with Gasteiger partial charge in [-0.2, -0.15) is 0 Å². The lowest BCUT2D eigenvalue weighted by Gasteiger charge is -2.21. The summed E-state index contributed by atoms with van der Waals surface area (Å²) in [7, 11) is 0. The van der Waals surface area contributed by atoms with Crippen LogP contribution in [0.1, 0.15) is 11.3 Å². The number of aromatic nitrogens is 2. The molecule has 6 nitrogen and oxygen atoms in total. The minimum atomic E-state index is 0.587. The average molecular weight is 284 g/mol. The molecule has 2 aromatic rings. The van der Waals surface area contributed by atoms with E-state index < -0.39 is 0 Å². The fourth-order valence-electron chi connectivity index (χ4n) is 2.64. The highest BCUT2D eigenvalue weighted by Crippen LogP contribution is 2.34. The monoisotopic (exact) mass is 284 g/mol. The largest absolute Gasteiger partial charge is 0.486 e. The Kier molecular flexibility index (Phi) is 3.08. The first-order valence-corrected chi connectivity index (χ1v) is 7.10. The molecule has 0 unspecified atom stereocenters. The van der Waals surface area contributed by atoms with Crippen LogP contribution in [0, 0.1) is 0 Å². The molecule has 1 aromatic heterocycles. The van der Waals surface area contributed by atoms with Gasteiger partial charge in [-0.1, -0.05) is 0 Å². The Bertz CT molecular complexity index is 675. The van der Waals surface area contributed by atoms with Crippen LogP contribution in [-0.4, -0.2) is 29.7 Å². The van der Waals surface area contributed by atoms with Crippen molar-refractivity contribution in [3.63, 3.8) is 0 Å². The van der Waals surface area contributed by atoms with Crippen LogP contribution in [0.3, 0.4) is 0 Å². The molecule has 2 aliphatic heterocycles. The molecular formula is C15H16N4O2. The lowest BCUT2D eigenvalue weighted by atomic mass is 10.1. The standard InChI is InChI=1S/C15H16N4O2/c1-2-13-14(21-6-5-20-13)7-10(1)19-15-11-8-16-4-3-12(11)17-9-18-15/h1-2,7,9,16H,3-6,8H2,(H,17,18,19). The second kappa shape index (κ2) is 5.21. The van der Waals surface area contributed by atoms with E-state index in [4.69, 9.17) is 9.47 Å². The third-order valence-corrected chi connectivity index (χ3v) is 3.68. The van der Waals surface area contributed by atoms with Crippen molar-refractivity contribution in [2.45, 2.75) is 13.0 Å². The van der Waals surface area contributed by atoms with Crippen molar-refractivity contribution in [2.75, 3.05) is 25.1 Å². The number of anilines is 2. The zero-order valence-corrected chi connectivity index (χ0v) is 11.6. The van der Waals surface area contributed by atoms with Gasteiger partial charge in [0.25, 0.3) is 0 Å². The molecule has 2 N–H and O–H groups in total. The molecule has 6 heteroatoms. The van der Waals surface area contributed by atoms with Crippen molar-refractivity contribution in [3.8, 4) is 11.5 Å². The van der Waals surface area contributed by atoms with Gasteiger partial charge in [-0.15, -0.1) is 0 Å². The fraction of sp³-hybridized carbons (Fsp3) is 0.333. The number of nitrogens with zero attached hydrogens (tertiary/aromatic N) is 2. The molecule has 21 heavy (non-hydrogen) atoms. The smallest absolute Gasteiger partial charge is 0.163 e. The number of rotatable bonds is 2. The summed E-state index contributed by atoms with van der Waals surface area (Å²) in [5.41, 5.74) is 3.19. The van der Waals surface area contributed by atoms with Crippen LogP contribution in [-0.2, 0) is 13.0 Å². The van der Waals surface area contributed by atoms with E-state index >= 15 is 0 Å². The van der Waals surface area contributed by atoms with Gasteiger partial charge in [0, 0.05) is 36.8 Å². The Balaban J connectivity index is 1.64. The molecule has 0 saturated heterocycles. The zero-order valence-electron chi connectivity index (χ0n) is 11.6. The Morgan fingerprint density at radius 2 is 2.00 bits per heavy atom. The van der Waals surface area contributed by atoms with Crippen LogP contribution in [0.2, 0.25) is 0 Å². The summed E-state index contributed by atoms with van der Waals surface area (Å²) in [5.74, 6) is 2.41. The SMILES string of the molecule is c1nc2c(c(Nc3ccc4c(c3)OCCO4)n1)CNCC2. The molecule has 0 fully saturated rings. The van der Waals surface area contributed by atoms with Crippen molar-refractivity contribution >= 4 is 11.5 Å². The number of hydrogen-bond donors (Lipinski definition) is 2. The van der Waals surface area contributed by atoms with Gasteiger partial charge in [0.05, 0.1) is 5.69 Å². The fourth-order valence-corrected chi connectivity index (χ4v) is 2.64. The van der Waals surface area contributed by atoms with Crippen molar-refractivity contribution < 1.29 is 9.47 Å². The highest BCUT2D eigenvalue weighted by atomic mass is 16.6. The van der Waals surface area contributed by atoms with E-state index in [1.807, 2.05) is 18.2 Å². The number of nitrogens with one attached hydrogen (secondary N) is 2. The molecule has 0 spiro atoms. The molecule has 0 atom stereocenters. The molecule has 3 heterocycles. The van der Waals surface area contributed by atoms with Gasteiger partial charge in [-0.05, 0) is 12.1 Å². The van der Waals surface area contributed by atoms with Crippen molar-refractivity contribution in [3.05, 3.63) is 35.8 Å². The van der Waals surface area contributed by atoms with Crippen LogP contribution in [0.4, 0.5) is 11.5 Å². The molecule has 4 rings (SSSR count). The predicted molar refractivity (Wildman–Crippen MR) is 78.2 cm³/mol. The van der Waals surface area contributed by atoms with Gasteiger partial charge in [0.1, 0.15) is 25.4 Å². The minimum absolute atomic E-state index is 0.587. The van der Waals surface area contributed by atoms with Gasteiger partial charge < -0.3 is 20.1 Å². The Morgan fingerprint density at radius 3 is 2.95 bits per heavy atom. The topological polar surface area (TPSA) is 68.3 Å². The third kappa shape index (κ3) is 2.38. The van der Waals surface area contributed by atoms with Crippen LogP contribution in [0.25, 0.3) is 0 Å². The van der Waals surface area contributed by atoms with Crippen LogP contribution in [0.15, 0.2) is 24.5 Å². The van der Waals surface area contributed by atoms with Gasteiger partial charge in [-0.25, -0.2) is 9.97 Å². The third-order valence-electron chi connectivity index (χ3n) is 3.68. The van der Waals surface area contributed by atoms with Crippen molar-refractivity contribution in [2.24, 2.45) is 0 Å². The second-order valence-electron chi connectivity index (χ2n) is 5.06. The van der Waals surface area contributed by atoms with Crippen LogP contribution in [0.5, 0.6) is 11.5 Å². The maximum Gasteiger partial charge on any atom is 0.163 e. The van der Waals surface area contributed by atoms with Gasteiger partial charge in [0.15, 0.2) is 11.5 Å². The first kappa shape index (κ1) is 12.4. The van der Waals surface area contributed by atoms with Gasteiger partial charge in [-0.3, -0.25) is 0 Å². The molecule has 0 radical (unpaired) electrons. The molecule has 108 valence electrons. The highest BCUT2D eigenvalue weighted by Gasteiger charge is 2.16. The predicted octanol–water partition coefficient (Wildman–Crippen LogP) is 1.64. The molecule has 0 saturated carbocycles. The van der Waals surface area contributed by atoms with Crippen LogP contribution < -0.4 is 20.1 Å². The van der Waals surface area contributed by atoms with E-state index in [1.54, 1.807) is 6.33 Å². The van der Waals surface area contributed by atoms with E-state index in [9.17, 15) is 0 Å². The Hall–Kier alpha value is -2.34. The van der Waals surface area contributed by atoms with Gasteiger partial charge >= 0.3 is 0 Å². The summed E-state index contributed by atoms with van der Waals surface area (Å²) in [6.45, 7) is 2.95. The maximum absolute atomic E-state index is 5.60. The minimum Gasteiger partial charge on any atom is -0.486 e. The summed E-state index contributed by atoms with van der Waals surface area (Å²) in [5, 5.41) is 6.71. The lowest BCUT2D eigenvalue weighted by Crippen LogP contribution is -2.25. The summed E-state index contributed by atoms with van der Waals surface area (Å²) in [6, 6.07) is 5.83. The summed E-state index contributed by atoms with van der Waals surface area (Å²) >= 11 is 0. The molecular weight excluding hydrogens is 268 g/mol. The number of hydrogen-bond acceptors (Lipinski definition) is 6. The zero-order chi connectivity index (χ0) is 14.1. The van der Waals surface area contributed by atoms with Crippen molar-refractivity contribution in [1.29, 1.82) is 0 Å². The highest BCUT2D eigenvalue weighted by molar-refractivity contribution is 5.64. The summed E-state index contributed by atoms with van der Waals surface area (Å²) in [4.78, 5) is 8.72. The molecule has 2 aliphatic rings. The second-order valence-corrected chi connectivity index (χ2v) is 5.06. The van der Waals surface area contributed by atoms with E-state index in [0.29, 0.717) is 13.2 Å². The van der Waals surface area contributed by atoms with E-state index in [-0.39, 0.29) is 0 Å². The molecule has 0 aliphatic carbocycles. The molecule has 0 amide bonds. The Labute approximate surface area is 122 Å². The maximum atomic E-state index is 5.60. The van der Waals surface area contributed by atoms with Gasteiger partial charge in [0.2, 0.25) is 0 Å². The van der Waals surface area contributed by atoms with Crippen LogP contribution >= 0.6 is 0 Å². The first-order chi connectivity index (χ1) is 10.4. The number of benzene rings is 1. The van der Waals surface area contributed by atoms with E-state index in [2.05, 4.69) is 20.6 Å². The molecule has 0 bridgehead atoms. The number of fused-ring (bicyclic) bond motifs is 2. The lowest BCUT2D eigenvalue weighted by molar-refractivity contribution is 0.171. The van der Waals surface area contributed by atoms with E-state index in [1.165, 1.54) is 0 Å². The molecule has 1 aromatic carbocycles. The quantitative estimate of drug-likeness (QED) is 0.874. The summed E-state index contributed by atoms with van der Waals surface area (Å²) < 4.78 is 11.1. The summed E-state index contributed by atoms with van der Waals surface area (Å²) in [6.07, 6.45) is 2.55.